The first kappa shape index (κ1) is 7.56. The summed E-state index contributed by atoms with van der Waals surface area (Å²) in [6, 6.07) is 12.6. The first-order valence-electron chi connectivity index (χ1n) is 4.71. The van der Waals surface area contributed by atoms with E-state index in [0.717, 1.165) is 0 Å². The Labute approximate surface area is 81.8 Å². The maximum Gasteiger partial charge on any atom is 0.287 e. The van der Waals surface area contributed by atoms with Crippen LogP contribution in [0.3, 0.4) is 0 Å². The Balaban J connectivity index is 2.63. The second-order valence-corrected chi connectivity index (χ2v) is 3.55. The summed E-state index contributed by atoms with van der Waals surface area (Å²) < 4.78 is 2.11. The standard InChI is InChI=1S/C12H10N2/c1-14-8-4-6-10-9-5-2-3-7-11(9)13-12(10)14/h2-8H,1H3/p+1. The van der Waals surface area contributed by atoms with E-state index in [4.69, 9.17) is 0 Å². The fourth-order valence-electron chi connectivity index (χ4n) is 1.94. The van der Waals surface area contributed by atoms with Crippen LogP contribution in [0.1, 0.15) is 0 Å². The summed E-state index contributed by atoms with van der Waals surface area (Å²) in [7, 11) is 2.05. The van der Waals surface area contributed by atoms with Gasteiger partial charge in [-0.15, -0.1) is 0 Å². The zero-order valence-corrected chi connectivity index (χ0v) is 7.99. The molecule has 0 amide bonds. The minimum Gasteiger partial charge on any atom is -0.240 e. The molecule has 2 heteroatoms. The summed E-state index contributed by atoms with van der Waals surface area (Å²) in [4.78, 5) is 3.41. The fourth-order valence-corrected chi connectivity index (χ4v) is 1.94. The van der Waals surface area contributed by atoms with E-state index in [1.165, 1.54) is 21.9 Å². The van der Waals surface area contributed by atoms with Gasteiger partial charge in [-0.3, -0.25) is 0 Å². The number of H-pyrrole nitrogens is 1. The molecule has 0 spiro atoms. The molecule has 2 heterocycles. The van der Waals surface area contributed by atoms with E-state index < -0.39 is 0 Å². The number of hydrogen-bond donors (Lipinski definition) is 1. The van der Waals surface area contributed by atoms with E-state index in [9.17, 15) is 0 Å². The Morgan fingerprint density at radius 1 is 1.00 bits per heavy atom. The van der Waals surface area contributed by atoms with Gasteiger partial charge in [0.05, 0.1) is 18.6 Å². The Kier molecular flexibility index (Phi) is 1.39. The molecular weight excluding hydrogens is 172 g/mol. The summed E-state index contributed by atoms with van der Waals surface area (Å²) in [5.74, 6) is 0. The van der Waals surface area contributed by atoms with E-state index >= 15 is 0 Å². The lowest BCUT2D eigenvalue weighted by atomic mass is 10.2. The number of fused-ring (bicyclic) bond motifs is 3. The second-order valence-electron chi connectivity index (χ2n) is 3.55. The van der Waals surface area contributed by atoms with Crippen molar-refractivity contribution in [1.29, 1.82) is 0 Å². The van der Waals surface area contributed by atoms with E-state index in [-0.39, 0.29) is 0 Å². The molecule has 0 radical (unpaired) electrons. The molecule has 0 saturated heterocycles. The van der Waals surface area contributed by atoms with E-state index in [0.29, 0.717) is 0 Å². The third-order valence-corrected chi connectivity index (χ3v) is 2.65. The van der Waals surface area contributed by atoms with Crippen molar-refractivity contribution in [1.82, 2.24) is 4.98 Å². The molecular formula is C12H11N2+. The highest BCUT2D eigenvalue weighted by Crippen LogP contribution is 2.21. The first-order chi connectivity index (χ1) is 6.86. The average Bonchev–Trinajstić information content (AvgIpc) is 2.59. The maximum atomic E-state index is 3.41. The van der Waals surface area contributed by atoms with Crippen LogP contribution in [0.25, 0.3) is 21.9 Å². The molecule has 1 N–H and O–H groups in total. The molecule has 3 rings (SSSR count). The molecule has 0 fully saturated rings. The van der Waals surface area contributed by atoms with Crippen LogP contribution < -0.4 is 4.57 Å². The van der Waals surface area contributed by atoms with Gasteiger partial charge in [-0.05, 0) is 24.3 Å². The topological polar surface area (TPSA) is 19.7 Å². The monoisotopic (exact) mass is 183 g/mol. The van der Waals surface area contributed by atoms with Crippen LogP contribution in [0.2, 0.25) is 0 Å². The van der Waals surface area contributed by atoms with Gasteiger partial charge in [0, 0.05) is 5.39 Å². The minimum absolute atomic E-state index is 1.17. The summed E-state index contributed by atoms with van der Waals surface area (Å²) in [6.45, 7) is 0. The van der Waals surface area contributed by atoms with E-state index in [2.05, 4.69) is 59.2 Å². The van der Waals surface area contributed by atoms with Crippen LogP contribution >= 0.6 is 0 Å². The number of para-hydroxylation sites is 1. The summed E-state index contributed by atoms with van der Waals surface area (Å²) in [5, 5.41) is 2.57. The number of rotatable bonds is 0. The molecule has 1 aromatic carbocycles. The van der Waals surface area contributed by atoms with Gasteiger partial charge >= 0.3 is 0 Å². The minimum atomic E-state index is 1.17. The van der Waals surface area contributed by atoms with Gasteiger partial charge < -0.3 is 0 Å². The zero-order chi connectivity index (χ0) is 9.54. The average molecular weight is 183 g/mol. The predicted molar refractivity (Wildman–Crippen MR) is 57.0 cm³/mol. The quantitative estimate of drug-likeness (QED) is 0.515. The molecule has 14 heavy (non-hydrogen) atoms. The molecule has 0 aliphatic heterocycles. The number of pyridine rings is 1. The molecule has 2 aromatic heterocycles. The van der Waals surface area contributed by atoms with Crippen LogP contribution in [-0.2, 0) is 7.05 Å². The summed E-state index contributed by atoms with van der Waals surface area (Å²) in [5.41, 5.74) is 2.37. The van der Waals surface area contributed by atoms with Gasteiger partial charge in [0.2, 0.25) is 0 Å². The molecule has 68 valence electrons. The van der Waals surface area contributed by atoms with Gasteiger partial charge in [0.25, 0.3) is 5.65 Å². The smallest absolute Gasteiger partial charge is 0.240 e. The summed E-state index contributed by atoms with van der Waals surface area (Å²) >= 11 is 0. The van der Waals surface area contributed by atoms with Gasteiger partial charge in [0.1, 0.15) is 5.52 Å². The van der Waals surface area contributed by atoms with Crippen molar-refractivity contribution < 1.29 is 4.57 Å². The molecule has 0 bridgehead atoms. The Hall–Kier alpha value is -1.83. The van der Waals surface area contributed by atoms with Gasteiger partial charge in [-0.1, -0.05) is 12.1 Å². The van der Waals surface area contributed by atoms with Gasteiger partial charge in [0.15, 0.2) is 0 Å². The lowest BCUT2D eigenvalue weighted by Crippen LogP contribution is -2.27. The number of benzene rings is 1. The lowest BCUT2D eigenvalue weighted by molar-refractivity contribution is -0.646. The Morgan fingerprint density at radius 2 is 1.79 bits per heavy atom. The SMILES string of the molecule is C[n+]1cccc2c3ccccc3[nH]c21. The highest BCUT2D eigenvalue weighted by Gasteiger charge is 2.10. The summed E-state index contributed by atoms with van der Waals surface area (Å²) in [6.07, 6.45) is 2.05. The van der Waals surface area contributed by atoms with Crippen molar-refractivity contribution in [2.75, 3.05) is 0 Å². The molecule has 0 atom stereocenters. The van der Waals surface area contributed by atoms with Crippen molar-refractivity contribution in [3.8, 4) is 0 Å². The number of hydrogen-bond acceptors (Lipinski definition) is 0. The molecule has 0 aliphatic carbocycles. The van der Waals surface area contributed by atoms with Gasteiger partial charge in [-0.2, -0.15) is 0 Å². The molecule has 2 nitrogen and oxygen atoms in total. The Bertz CT molecular complexity index is 608. The van der Waals surface area contributed by atoms with E-state index in [1.54, 1.807) is 0 Å². The van der Waals surface area contributed by atoms with Crippen LogP contribution in [-0.4, -0.2) is 4.98 Å². The third kappa shape index (κ3) is 0.880. The highest BCUT2D eigenvalue weighted by molar-refractivity contribution is 6.04. The van der Waals surface area contributed by atoms with Crippen molar-refractivity contribution in [3.63, 3.8) is 0 Å². The van der Waals surface area contributed by atoms with Crippen molar-refractivity contribution in [3.05, 3.63) is 42.6 Å². The van der Waals surface area contributed by atoms with Crippen LogP contribution in [0, 0.1) is 0 Å². The number of aromatic nitrogens is 2. The normalized spacial score (nSPS) is 11.2. The molecule has 0 saturated carbocycles. The Morgan fingerprint density at radius 3 is 2.71 bits per heavy atom. The highest BCUT2D eigenvalue weighted by atomic mass is 15.0. The molecule has 3 aromatic rings. The molecule has 0 unspecified atom stereocenters. The second kappa shape index (κ2) is 2.58. The number of aromatic amines is 1. The van der Waals surface area contributed by atoms with Crippen LogP contribution in [0.5, 0.6) is 0 Å². The van der Waals surface area contributed by atoms with Gasteiger partial charge in [-0.25, -0.2) is 9.55 Å². The van der Waals surface area contributed by atoms with Crippen LogP contribution in [0.15, 0.2) is 42.6 Å². The first-order valence-corrected chi connectivity index (χ1v) is 4.71. The third-order valence-electron chi connectivity index (χ3n) is 2.65. The largest absolute Gasteiger partial charge is 0.287 e. The number of nitrogens with zero attached hydrogens (tertiary/aromatic N) is 1. The number of aryl methyl sites for hydroxylation is 1. The van der Waals surface area contributed by atoms with Crippen molar-refractivity contribution in [2.24, 2.45) is 7.05 Å². The van der Waals surface area contributed by atoms with Crippen LogP contribution in [0.4, 0.5) is 0 Å². The number of nitrogens with one attached hydrogen (secondary N) is 1. The van der Waals surface area contributed by atoms with Crippen molar-refractivity contribution in [2.45, 2.75) is 0 Å². The zero-order valence-electron chi connectivity index (χ0n) is 7.99. The fraction of sp³-hybridized carbons (Fsp3) is 0.0833. The molecule has 0 aliphatic rings. The van der Waals surface area contributed by atoms with Crippen molar-refractivity contribution >= 4 is 21.9 Å². The van der Waals surface area contributed by atoms with E-state index in [1.807, 2.05) is 0 Å². The predicted octanol–water partition coefficient (Wildman–Crippen LogP) is 2.15. The lowest BCUT2D eigenvalue weighted by Gasteiger charge is -1.89. The maximum absolute atomic E-state index is 3.41.